The highest BCUT2D eigenvalue weighted by atomic mass is 16.2. The number of rotatable bonds is 6. The standard InChI is InChI=1S/C31H33N3O3/c1-4-8-28(34-17-15-33(16-18-34)27-12-7-9-20(2)21(27)3)32-31(37)22-13-14-25-26(19-22)30(36)24-11-6-5-10-23(24)29(25)35/h5-7,9-14,19,28H,4,8,15-18H2,1-3H3,(H,32,37). The van der Waals surface area contributed by atoms with Gasteiger partial charge in [-0.15, -0.1) is 0 Å². The number of benzene rings is 3. The molecular weight excluding hydrogens is 462 g/mol. The van der Waals surface area contributed by atoms with Gasteiger partial charge in [0.25, 0.3) is 5.91 Å². The highest BCUT2D eigenvalue weighted by Gasteiger charge is 2.31. The molecule has 1 aliphatic heterocycles. The number of carbonyl (C=O) groups is 3. The summed E-state index contributed by atoms with van der Waals surface area (Å²) in [4.78, 5) is 44.1. The quantitative estimate of drug-likeness (QED) is 0.418. The van der Waals surface area contributed by atoms with Crippen LogP contribution in [0.25, 0.3) is 0 Å². The van der Waals surface area contributed by atoms with Crippen LogP contribution in [0.1, 0.15) is 73.1 Å². The normalized spacial score (nSPS) is 16.2. The van der Waals surface area contributed by atoms with Crippen LogP contribution in [0, 0.1) is 13.8 Å². The van der Waals surface area contributed by atoms with Crippen LogP contribution in [-0.4, -0.2) is 54.7 Å². The molecular formula is C31H33N3O3. The summed E-state index contributed by atoms with van der Waals surface area (Å²) in [5.74, 6) is -0.618. The van der Waals surface area contributed by atoms with Gasteiger partial charge in [-0.05, 0) is 55.7 Å². The Balaban J connectivity index is 1.30. The maximum atomic E-state index is 13.3. The van der Waals surface area contributed by atoms with Gasteiger partial charge in [0.15, 0.2) is 11.6 Å². The average Bonchev–Trinajstić information content (AvgIpc) is 2.93. The van der Waals surface area contributed by atoms with E-state index >= 15 is 0 Å². The Morgan fingerprint density at radius 3 is 2.16 bits per heavy atom. The number of anilines is 1. The summed E-state index contributed by atoms with van der Waals surface area (Å²) in [5.41, 5.74) is 5.75. The lowest BCUT2D eigenvalue weighted by molar-refractivity contribution is 0.0824. The summed E-state index contributed by atoms with van der Waals surface area (Å²) in [6.45, 7) is 9.94. The lowest BCUT2D eigenvalue weighted by atomic mass is 9.83. The van der Waals surface area contributed by atoms with Crippen LogP contribution in [-0.2, 0) is 0 Å². The predicted molar refractivity (Wildman–Crippen MR) is 146 cm³/mol. The van der Waals surface area contributed by atoms with E-state index in [4.69, 9.17) is 0 Å². The van der Waals surface area contributed by atoms with E-state index in [1.165, 1.54) is 16.8 Å². The second-order valence-corrected chi connectivity index (χ2v) is 9.98. The zero-order chi connectivity index (χ0) is 26.1. The number of aryl methyl sites for hydroxylation is 1. The minimum atomic E-state index is -0.225. The van der Waals surface area contributed by atoms with E-state index in [1.54, 1.807) is 42.5 Å². The Kier molecular flexibility index (Phi) is 6.94. The first-order valence-corrected chi connectivity index (χ1v) is 13.1. The van der Waals surface area contributed by atoms with Crippen LogP contribution in [0.5, 0.6) is 0 Å². The first-order chi connectivity index (χ1) is 17.9. The molecule has 5 rings (SSSR count). The molecule has 1 amide bonds. The van der Waals surface area contributed by atoms with Gasteiger partial charge in [-0.2, -0.15) is 0 Å². The maximum Gasteiger partial charge on any atom is 0.252 e. The van der Waals surface area contributed by atoms with E-state index < -0.39 is 0 Å². The van der Waals surface area contributed by atoms with Crippen LogP contribution in [0.15, 0.2) is 60.7 Å². The van der Waals surface area contributed by atoms with Crippen molar-refractivity contribution in [3.05, 3.63) is 99.6 Å². The van der Waals surface area contributed by atoms with E-state index in [1.807, 2.05) is 0 Å². The summed E-state index contributed by atoms with van der Waals surface area (Å²) in [6, 6.07) is 18.1. The minimum absolute atomic E-state index is 0.0904. The van der Waals surface area contributed by atoms with E-state index in [-0.39, 0.29) is 23.6 Å². The van der Waals surface area contributed by atoms with Gasteiger partial charge < -0.3 is 10.2 Å². The first kappa shape index (κ1) is 24.9. The number of hydrogen-bond donors (Lipinski definition) is 1. The van der Waals surface area contributed by atoms with Gasteiger partial charge in [0.05, 0.1) is 6.17 Å². The van der Waals surface area contributed by atoms with Crippen molar-refractivity contribution < 1.29 is 14.4 Å². The van der Waals surface area contributed by atoms with Crippen molar-refractivity contribution in [1.29, 1.82) is 0 Å². The minimum Gasteiger partial charge on any atom is -0.369 e. The second kappa shape index (κ2) is 10.3. The van der Waals surface area contributed by atoms with Gasteiger partial charge in [-0.1, -0.05) is 49.7 Å². The molecule has 1 N–H and O–H groups in total. The maximum absolute atomic E-state index is 13.3. The molecule has 1 fully saturated rings. The summed E-state index contributed by atoms with van der Waals surface area (Å²) in [7, 11) is 0. The Bertz CT molecular complexity index is 1370. The van der Waals surface area contributed by atoms with Crippen molar-refractivity contribution in [3.8, 4) is 0 Å². The largest absolute Gasteiger partial charge is 0.369 e. The van der Waals surface area contributed by atoms with Crippen LogP contribution in [0.2, 0.25) is 0 Å². The molecule has 3 aromatic rings. The van der Waals surface area contributed by atoms with Gasteiger partial charge in [-0.25, -0.2) is 0 Å². The van der Waals surface area contributed by atoms with Gasteiger partial charge >= 0.3 is 0 Å². The molecule has 1 saturated heterocycles. The molecule has 0 radical (unpaired) electrons. The summed E-state index contributed by atoms with van der Waals surface area (Å²) in [5, 5.41) is 3.20. The monoisotopic (exact) mass is 495 g/mol. The predicted octanol–water partition coefficient (Wildman–Crippen LogP) is 4.76. The van der Waals surface area contributed by atoms with Gasteiger partial charge in [0.2, 0.25) is 0 Å². The Labute approximate surface area is 218 Å². The number of amides is 1. The third-order valence-electron chi connectivity index (χ3n) is 7.72. The number of carbonyl (C=O) groups excluding carboxylic acids is 3. The number of ketones is 2. The van der Waals surface area contributed by atoms with Crippen molar-refractivity contribution in [2.45, 2.75) is 39.8 Å². The number of nitrogens with one attached hydrogen (secondary N) is 1. The van der Waals surface area contributed by atoms with Crippen LogP contribution < -0.4 is 10.2 Å². The van der Waals surface area contributed by atoms with Crippen molar-refractivity contribution in [2.24, 2.45) is 0 Å². The smallest absolute Gasteiger partial charge is 0.252 e. The molecule has 0 spiro atoms. The van der Waals surface area contributed by atoms with Crippen LogP contribution in [0.3, 0.4) is 0 Å². The molecule has 1 unspecified atom stereocenters. The number of piperazine rings is 1. The molecule has 0 saturated carbocycles. The SMILES string of the molecule is CCCC(NC(=O)c1ccc2c(c1)C(=O)c1ccccc1C2=O)N1CCN(c2cccc(C)c2C)CC1. The third-order valence-corrected chi connectivity index (χ3v) is 7.72. The Hall–Kier alpha value is -3.77. The zero-order valence-electron chi connectivity index (χ0n) is 21.7. The summed E-state index contributed by atoms with van der Waals surface area (Å²) < 4.78 is 0. The molecule has 2 aliphatic rings. The number of hydrogen-bond acceptors (Lipinski definition) is 5. The van der Waals surface area contributed by atoms with Crippen molar-refractivity contribution >= 4 is 23.2 Å². The van der Waals surface area contributed by atoms with Crippen LogP contribution >= 0.6 is 0 Å². The lowest BCUT2D eigenvalue weighted by Crippen LogP contribution is -2.56. The van der Waals surface area contributed by atoms with E-state index in [2.05, 4.69) is 54.1 Å². The van der Waals surface area contributed by atoms with E-state index in [0.29, 0.717) is 27.8 Å². The first-order valence-electron chi connectivity index (χ1n) is 13.1. The van der Waals surface area contributed by atoms with Gasteiger partial charge in [0.1, 0.15) is 0 Å². The third kappa shape index (κ3) is 4.69. The van der Waals surface area contributed by atoms with Gasteiger partial charge in [0, 0.05) is 59.7 Å². The number of fused-ring (bicyclic) bond motifs is 2. The molecule has 1 atom stereocenters. The molecule has 190 valence electrons. The molecule has 1 heterocycles. The zero-order valence-corrected chi connectivity index (χ0v) is 21.7. The molecule has 3 aromatic carbocycles. The van der Waals surface area contributed by atoms with Crippen molar-refractivity contribution in [1.82, 2.24) is 10.2 Å². The highest BCUT2D eigenvalue weighted by Crippen LogP contribution is 2.28. The highest BCUT2D eigenvalue weighted by molar-refractivity contribution is 6.28. The fourth-order valence-electron chi connectivity index (χ4n) is 5.45. The Morgan fingerprint density at radius 1 is 0.838 bits per heavy atom. The number of nitrogens with zero attached hydrogens (tertiary/aromatic N) is 2. The topological polar surface area (TPSA) is 69.7 Å². The average molecular weight is 496 g/mol. The summed E-state index contributed by atoms with van der Waals surface area (Å²) in [6.07, 6.45) is 1.69. The molecule has 0 bridgehead atoms. The molecule has 6 nitrogen and oxygen atoms in total. The van der Waals surface area contributed by atoms with Gasteiger partial charge in [-0.3, -0.25) is 19.3 Å². The van der Waals surface area contributed by atoms with Crippen LogP contribution in [0.4, 0.5) is 5.69 Å². The van der Waals surface area contributed by atoms with E-state index in [0.717, 1.165) is 39.0 Å². The summed E-state index contributed by atoms with van der Waals surface area (Å²) >= 11 is 0. The molecule has 0 aromatic heterocycles. The van der Waals surface area contributed by atoms with Crippen molar-refractivity contribution in [3.63, 3.8) is 0 Å². The fourth-order valence-corrected chi connectivity index (χ4v) is 5.45. The molecule has 1 aliphatic carbocycles. The second-order valence-electron chi connectivity index (χ2n) is 9.98. The Morgan fingerprint density at radius 2 is 1.49 bits per heavy atom. The van der Waals surface area contributed by atoms with Crippen molar-refractivity contribution in [2.75, 3.05) is 31.1 Å². The molecule has 6 heteroatoms. The lowest BCUT2D eigenvalue weighted by Gasteiger charge is -2.41. The van der Waals surface area contributed by atoms with E-state index in [9.17, 15) is 14.4 Å². The fraction of sp³-hybridized carbons (Fsp3) is 0.323. The molecule has 37 heavy (non-hydrogen) atoms.